The van der Waals surface area contributed by atoms with Gasteiger partial charge in [-0.25, -0.2) is 4.39 Å². The van der Waals surface area contributed by atoms with Crippen LogP contribution in [0.4, 0.5) is 4.39 Å². The fraction of sp³-hybridized carbons (Fsp3) is 0.529. The molecule has 1 fully saturated rings. The molecule has 1 aromatic rings. The third-order valence-electron chi connectivity index (χ3n) is 4.26. The second-order valence-electron chi connectivity index (χ2n) is 5.65. The Kier molecular flexibility index (Phi) is 9.00. The molecule has 0 radical (unpaired) electrons. The molecule has 5 nitrogen and oxygen atoms in total. The maximum absolute atomic E-state index is 13.8. The number of nitrogens with zero attached hydrogens (tertiary/aromatic N) is 3. The summed E-state index contributed by atoms with van der Waals surface area (Å²) in [6, 6.07) is 6.91. The van der Waals surface area contributed by atoms with Gasteiger partial charge in [-0.2, -0.15) is 5.26 Å². The Morgan fingerprint density at radius 3 is 2.92 bits per heavy atom. The van der Waals surface area contributed by atoms with Crippen molar-refractivity contribution in [3.8, 4) is 6.07 Å². The number of aliphatic imine (C=N–C) groups is 1. The number of hydrogen-bond donors (Lipinski definition) is 2. The quantitative estimate of drug-likeness (QED) is 0.416. The second-order valence-corrected chi connectivity index (χ2v) is 5.65. The van der Waals surface area contributed by atoms with Crippen molar-refractivity contribution >= 4 is 29.9 Å². The highest BCUT2D eigenvalue weighted by molar-refractivity contribution is 14.0. The monoisotopic (exact) mass is 445 g/mol. The van der Waals surface area contributed by atoms with Crippen LogP contribution in [0.1, 0.15) is 30.9 Å². The fourth-order valence-electron chi connectivity index (χ4n) is 2.94. The Hall–Kier alpha value is -1.40. The van der Waals surface area contributed by atoms with Gasteiger partial charge in [0.05, 0.1) is 11.6 Å². The Bertz CT molecular complexity index is 599. The minimum atomic E-state index is -0.320. The lowest BCUT2D eigenvalue weighted by Gasteiger charge is -2.24. The first-order chi connectivity index (χ1) is 11.2. The van der Waals surface area contributed by atoms with E-state index in [1.54, 1.807) is 13.1 Å². The molecule has 0 bridgehead atoms. The number of hydrogen-bond acceptors (Lipinski definition) is 3. The first kappa shape index (κ1) is 20.6. The molecular weight excluding hydrogens is 420 g/mol. The van der Waals surface area contributed by atoms with Crippen LogP contribution in [0.3, 0.4) is 0 Å². The molecule has 1 aliphatic heterocycles. The zero-order valence-corrected chi connectivity index (χ0v) is 16.5. The minimum Gasteiger partial charge on any atom is -0.355 e. The summed E-state index contributed by atoms with van der Waals surface area (Å²) in [5.41, 5.74) is 0.916. The Morgan fingerprint density at radius 2 is 2.25 bits per heavy atom. The van der Waals surface area contributed by atoms with Crippen molar-refractivity contribution < 1.29 is 4.39 Å². The third-order valence-corrected chi connectivity index (χ3v) is 4.26. The highest BCUT2D eigenvalue weighted by atomic mass is 127. The van der Waals surface area contributed by atoms with Crippen LogP contribution in [-0.4, -0.2) is 43.6 Å². The number of likely N-dealkylation sites (N-methyl/N-ethyl adjacent to an activating group) is 1. The van der Waals surface area contributed by atoms with Crippen LogP contribution in [0.2, 0.25) is 0 Å². The molecule has 132 valence electrons. The van der Waals surface area contributed by atoms with E-state index in [0.29, 0.717) is 29.7 Å². The normalized spacial score (nSPS) is 17.9. The molecule has 0 spiro atoms. The average molecular weight is 445 g/mol. The molecule has 1 saturated heterocycles. The largest absolute Gasteiger partial charge is 0.355 e. The average Bonchev–Trinajstić information content (AvgIpc) is 3.04. The summed E-state index contributed by atoms with van der Waals surface area (Å²) in [6.07, 6.45) is 2.43. The van der Waals surface area contributed by atoms with E-state index in [0.717, 1.165) is 19.6 Å². The molecule has 2 rings (SSSR count). The second kappa shape index (κ2) is 10.5. The van der Waals surface area contributed by atoms with E-state index in [4.69, 9.17) is 5.26 Å². The van der Waals surface area contributed by atoms with Crippen molar-refractivity contribution in [3.63, 3.8) is 0 Å². The van der Waals surface area contributed by atoms with Crippen LogP contribution in [0.25, 0.3) is 0 Å². The Labute approximate surface area is 160 Å². The number of halogens is 2. The lowest BCUT2D eigenvalue weighted by Crippen LogP contribution is -2.44. The minimum absolute atomic E-state index is 0. The topological polar surface area (TPSA) is 63.4 Å². The van der Waals surface area contributed by atoms with Gasteiger partial charge in [0.15, 0.2) is 5.96 Å². The van der Waals surface area contributed by atoms with Gasteiger partial charge in [0, 0.05) is 31.7 Å². The van der Waals surface area contributed by atoms with Gasteiger partial charge in [-0.05, 0) is 44.1 Å². The van der Waals surface area contributed by atoms with Crippen LogP contribution in [0.5, 0.6) is 0 Å². The molecule has 1 unspecified atom stereocenters. The molecular formula is C17H25FIN5. The van der Waals surface area contributed by atoms with Crippen molar-refractivity contribution in [2.45, 2.75) is 32.4 Å². The summed E-state index contributed by atoms with van der Waals surface area (Å²) in [7, 11) is 1.70. The molecule has 1 atom stereocenters. The molecule has 0 amide bonds. The number of nitriles is 1. The smallest absolute Gasteiger partial charge is 0.191 e. The summed E-state index contributed by atoms with van der Waals surface area (Å²) in [6.45, 7) is 5.51. The van der Waals surface area contributed by atoms with Crippen molar-refractivity contribution in [3.05, 3.63) is 35.1 Å². The van der Waals surface area contributed by atoms with Gasteiger partial charge in [0.2, 0.25) is 0 Å². The van der Waals surface area contributed by atoms with Gasteiger partial charge in [-0.15, -0.1) is 24.0 Å². The van der Waals surface area contributed by atoms with E-state index in [1.165, 1.54) is 25.0 Å². The van der Waals surface area contributed by atoms with Crippen LogP contribution < -0.4 is 10.6 Å². The molecule has 0 aliphatic carbocycles. The van der Waals surface area contributed by atoms with Gasteiger partial charge >= 0.3 is 0 Å². The summed E-state index contributed by atoms with van der Waals surface area (Å²) < 4.78 is 13.8. The zero-order chi connectivity index (χ0) is 16.7. The first-order valence-electron chi connectivity index (χ1n) is 8.05. The Morgan fingerprint density at radius 1 is 1.46 bits per heavy atom. The summed E-state index contributed by atoms with van der Waals surface area (Å²) >= 11 is 0. The van der Waals surface area contributed by atoms with Crippen molar-refractivity contribution in [2.24, 2.45) is 4.99 Å². The lowest BCUT2D eigenvalue weighted by molar-refractivity contribution is 0.267. The van der Waals surface area contributed by atoms with Gasteiger partial charge in [-0.3, -0.25) is 9.89 Å². The summed E-state index contributed by atoms with van der Waals surface area (Å²) in [4.78, 5) is 6.63. The highest BCUT2D eigenvalue weighted by Crippen LogP contribution is 2.15. The van der Waals surface area contributed by atoms with Crippen LogP contribution in [-0.2, 0) is 6.54 Å². The fourth-order valence-corrected chi connectivity index (χ4v) is 2.94. The molecule has 1 aromatic carbocycles. The predicted molar refractivity (Wildman–Crippen MR) is 105 cm³/mol. The van der Waals surface area contributed by atoms with E-state index >= 15 is 0 Å². The molecule has 0 aromatic heterocycles. The molecule has 1 heterocycles. The van der Waals surface area contributed by atoms with Crippen LogP contribution >= 0.6 is 24.0 Å². The van der Waals surface area contributed by atoms with Crippen molar-refractivity contribution in [2.75, 3.05) is 26.7 Å². The number of nitrogens with one attached hydrogen (secondary N) is 2. The SMILES string of the molecule is CCN1CCCC1CNC(=NC)NCc1cc(C#N)ccc1F.I. The lowest BCUT2D eigenvalue weighted by atomic mass is 10.1. The number of guanidine groups is 1. The molecule has 2 N–H and O–H groups in total. The van der Waals surface area contributed by atoms with Crippen LogP contribution in [0.15, 0.2) is 23.2 Å². The predicted octanol–water partition coefficient (Wildman–Crippen LogP) is 2.46. The molecule has 1 aliphatic rings. The van der Waals surface area contributed by atoms with Gasteiger partial charge < -0.3 is 10.6 Å². The number of benzene rings is 1. The maximum Gasteiger partial charge on any atom is 0.191 e. The van der Waals surface area contributed by atoms with E-state index in [1.807, 2.05) is 6.07 Å². The van der Waals surface area contributed by atoms with E-state index < -0.39 is 0 Å². The van der Waals surface area contributed by atoms with Crippen molar-refractivity contribution in [1.29, 1.82) is 5.26 Å². The van der Waals surface area contributed by atoms with Gasteiger partial charge in [0.1, 0.15) is 5.82 Å². The van der Waals surface area contributed by atoms with Gasteiger partial charge in [-0.1, -0.05) is 6.92 Å². The molecule has 7 heteroatoms. The van der Waals surface area contributed by atoms with E-state index in [9.17, 15) is 4.39 Å². The molecule has 24 heavy (non-hydrogen) atoms. The van der Waals surface area contributed by atoms with Crippen LogP contribution in [0, 0.1) is 17.1 Å². The highest BCUT2D eigenvalue weighted by Gasteiger charge is 2.22. The standard InChI is InChI=1S/C17H24FN5.HI/c1-3-23-8-4-5-15(23)12-22-17(20-2)21-11-14-9-13(10-19)6-7-16(14)18;/h6-7,9,15H,3-5,8,11-12H2,1-2H3,(H2,20,21,22);1H. The number of likely N-dealkylation sites (tertiary alicyclic amines) is 1. The maximum atomic E-state index is 13.8. The van der Waals surface area contributed by atoms with Crippen molar-refractivity contribution in [1.82, 2.24) is 15.5 Å². The first-order valence-corrected chi connectivity index (χ1v) is 8.05. The molecule has 0 saturated carbocycles. The Balaban J connectivity index is 0.00000288. The van der Waals surface area contributed by atoms with E-state index in [2.05, 4.69) is 27.4 Å². The third kappa shape index (κ3) is 5.60. The summed E-state index contributed by atoms with van der Waals surface area (Å²) in [5.74, 6) is 0.328. The van der Waals surface area contributed by atoms with E-state index in [-0.39, 0.29) is 29.8 Å². The van der Waals surface area contributed by atoms with Gasteiger partial charge in [0.25, 0.3) is 0 Å². The number of rotatable bonds is 5. The summed E-state index contributed by atoms with van der Waals surface area (Å²) in [5, 5.41) is 15.3. The zero-order valence-electron chi connectivity index (χ0n) is 14.2.